The van der Waals surface area contributed by atoms with Gasteiger partial charge >= 0.3 is 0 Å². The zero-order valence-electron chi connectivity index (χ0n) is 11.6. The standard InChI is InChI=1S/C16H12N6/c1-2-6-14(7-3-1)21-10-9-16(18-21)13-5-4-8-15(11-13)22-12-17-19-20-22/h1-12H. The molecule has 0 aliphatic rings. The highest BCUT2D eigenvalue weighted by Crippen LogP contribution is 2.21. The molecule has 0 spiro atoms. The van der Waals surface area contributed by atoms with Gasteiger partial charge in [-0.1, -0.05) is 30.3 Å². The maximum Gasteiger partial charge on any atom is 0.143 e. The Balaban J connectivity index is 1.71. The molecule has 0 N–H and O–H groups in total. The summed E-state index contributed by atoms with van der Waals surface area (Å²) in [5, 5.41) is 15.8. The van der Waals surface area contributed by atoms with Crippen LogP contribution in [0.1, 0.15) is 0 Å². The number of benzene rings is 2. The van der Waals surface area contributed by atoms with Gasteiger partial charge in [0.1, 0.15) is 6.33 Å². The zero-order chi connectivity index (χ0) is 14.8. The van der Waals surface area contributed by atoms with Crippen molar-refractivity contribution in [3.63, 3.8) is 0 Å². The lowest BCUT2D eigenvalue weighted by Crippen LogP contribution is -1.96. The highest BCUT2D eigenvalue weighted by molar-refractivity contribution is 5.62. The van der Waals surface area contributed by atoms with E-state index in [9.17, 15) is 0 Å². The van der Waals surface area contributed by atoms with Crippen molar-refractivity contribution in [2.75, 3.05) is 0 Å². The molecular formula is C16H12N6. The first-order valence-corrected chi connectivity index (χ1v) is 6.85. The Morgan fingerprint density at radius 1 is 0.773 bits per heavy atom. The molecule has 0 amide bonds. The predicted octanol–water partition coefficient (Wildman–Crippen LogP) is 2.51. The van der Waals surface area contributed by atoms with Gasteiger partial charge in [0, 0.05) is 11.8 Å². The van der Waals surface area contributed by atoms with Gasteiger partial charge in [-0.25, -0.2) is 9.36 Å². The van der Waals surface area contributed by atoms with Crippen LogP contribution in [0.5, 0.6) is 0 Å². The fraction of sp³-hybridized carbons (Fsp3) is 0. The van der Waals surface area contributed by atoms with Gasteiger partial charge in [-0.2, -0.15) is 5.10 Å². The Morgan fingerprint density at radius 2 is 1.64 bits per heavy atom. The van der Waals surface area contributed by atoms with Crippen LogP contribution in [0.2, 0.25) is 0 Å². The summed E-state index contributed by atoms with van der Waals surface area (Å²) < 4.78 is 3.48. The Hall–Kier alpha value is -3.28. The summed E-state index contributed by atoms with van der Waals surface area (Å²) in [4.78, 5) is 0. The molecule has 6 nitrogen and oxygen atoms in total. The summed E-state index contributed by atoms with van der Waals surface area (Å²) in [6.45, 7) is 0. The van der Waals surface area contributed by atoms with E-state index < -0.39 is 0 Å². The van der Waals surface area contributed by atoms with Crippen LogP contribution >= 0.6 is 0 Å². The number of aromatic nitrogens is 6. The van der Waals surface area contributed by atoms with Crippen molar-refractivity contribution in [3.05, 3.63) is 73.2 Å². The van der Waals surface area contributed by atoms with Crippen molar-refractivity contribution in [3.8, 4) is 22.6 Å². The van der Waals surface area contributed by atoms with Crippen LogP contribution in [0.4, 0.5) is 0 Å². The fourth-order valence-corrected chi connectivity index (χ4v) is 2.29. The molecule has 22 heavy (non-hydrogen) atoms. The molecule has 2 heterocycles. The molecule has 0 saturated carbocycles. The van der Waals surface area contributed by atoms with Crippen molar-refractivity contribution in [1.29, 1.82) is 0 Å². The summed E-state index contributed by atoms with van der Waals surface area (Å²) >= 11 is 0. The molecule has 0 bridgehead atoms. The maximum atomic E-state index is 4.63. The monoisotopic (exact) mass is 288 g/mol. The van der Waals surface area contributed by atoms with Gasteiger partial charge in [0.15, 0.2) is 0 Å². The minimum absolute atomic E-state index is 0.900. The van der Waals surface area contributed by atoms with Gasteiger partial charge in [-0.05, 0) is 40.8 Å². The lowest BCUT2D eigenvalue weighted by atomic mass is 10.1. The van der Waals surface area contributed by atoms with Crippen molar-refractivity contribution in [2.45, 2.75) is 0 Å². The van der Waals surface area contributed by atoms with Crippen LogP contribution in [-0.4, -0.2) is 30.0 Å². The van der Waals surface area contributed by atoms with Gasteiger partial charge < -0.3 is 0 Å². The quantitative estimate of drug-likeness (QED) is 0.581. The largest absolute Gasteiger partial charge is 0.240 e. The van der Waals surface area contributed by atoms with E-state index >= 15 is 0 Å². The van der Waals surface area contributed by atoms with E-state index in [-0.39, 0.29) is 0 Å². The zero-order valence-corrected chi connectivity index (χ0v) is 11.6. The second-order valence-electron chi connectivity index (χ2n) is 4.79. The molecule has 0 saturated heterocycles. The third-order valence-corrected chi connectivity index (χ3v) is 3.37. The lowest BCUT2D eigenvalue weighted by molar-refractivity contribution is 0.789. The van der Waals surface area contributed by atoms with Gasteiger partial charge in [0.25, 0.3) is 0 Å². The Bertz CT molecular complexity index is 880. The molecule has 0 unspecified atom stereocenters. The van der Waals surface area contributed by atoms with Gasteiger partial charge in [0.05, 0.1) is 17.1 Å². The van der Waals surface area contributed by atoms with Crippen molar-refractivity contribution < 1.29 is 0 Å². The van der Waals surface area contributed by atoms with Gasteiger partial charge in [0.2, 0.25) is 0 Å². The second kappa shape index (κ2) is 5.25. The highest BCUT2D eigenvalue weighted by Gasteiger charge is 2.06. The van der Waals surface area contributed by atoms with Crippen LogP contribution in [0.3, 0.4) is 0 Å². The van der Waals surface area contributed by atoms with Crippen LogP contribution in [0.15, 0.2) is 73.2 Å². The maximum absolute atomic E-state index is 4.63. The molecule has 0 atom stereocenters. The Morgan fingerprint density at radius 3 is 2.45 bits per heavy atom. The summed E-state index contributed by atoms with van der Waals surface area (Å²) in [5.74, 6) is 0. The number of rotatable bonds is 3. The summed E-state index contributed by atoms with van der Waals surface area (Å²) in [5.41, 5.74) is 3.85. The predicted molar refractivity (Wildman–Crippen MR) is 81.7 cm³/mol. The third kappa shape index (κ3) is 2.26. The highest BCUT2D eigenvalue weighted by atomic mass is 15.5. The van der Waals surface area contributed by atoms with E-state index in [1.54, 1.807) is 11.0 Å². The van der Waals surface area contributed by atoms with E-state index in [1.165, 1.54) is 0 Å². The average Bonchev–Trinajstić information content (AvgIpc) is 3.28. The van der Waals surface area contributed by atoms with Crippen molar-refractivity contribution >= 4 is 0 Å². The molecule has 4 aromatic rings. The van der Waals surface area contributed by atoms with Gasteiger partial charge in [-0.15, -0.1) is 5.10 Å². The van der Waals surface area contributed by atoms with Crippen LogP contribution in [-0.2, 0) is 0 Å². The Labute approximate surface area is 126 Å². The molecule has 0 aliphatic carbocycles. The molecule has 4 rings (SSSR count). The second-order valence-corrected chi connectivity index (χ2v) is 4.79. The first kappa shape index (κ1) is 12.5. The minimum atomic E-state index is 0.900. The molecule has 0 fully saturated rings. The van der Waals surface area contributed by atoms with Gasteiger partial charge in [-0.3, -0.25) is 0 Å². The van der Waals surface area contributed by atoms with Crippen molar-refractivity contribution in [1.82, 2.24) is 30.0 Å². The number of para-hydroxylation sites is 1. The third-order valence-electron chi connectivity index (χ3n) is 3.37. The minimum Gasteiger partial charge on any atom is -0.240 e. The lowest BCUT2D eigenvalue weighted by Gasteiger charge is -2.03. The molecular weight excluding hydrogens is 276 g/mol. The van der Waals surface area contributed by atoms with E-state index in [2.05, 4.69) is 20.6 Å². The summed E-state index contributed by atoms with van der Waals surface area (Å²) in [7, 11) is 0. The van der Waals surface area contributed by atoms with E-state index in [4.69, 9.17) is 0 Å². The number of hydrogen-bond donors (Lipinski definition) is 0. The van der Waals surface area contributed by atoms with Crippen LogP contribution in [0, 0.1) is 0 Å². The van der Waals surface area contributed by atoms with E-state index in [1.807, 2.05) is 71.5 Å². The average molecular weight is 288 g/mol. The fourth-order valence-electron chi connectivity index (χ4n) is 2.29. The summed E-state index contributed by atoms with van der Waals surface area (Å²) in [6, 6.07) is 20.0. The number of hydrogen-bond acceptors (Lipinski definition) is 4. The topological polar surface area (TPSA) is 61.4 Å². The molecule has 2 aromatic carbocycles. The van der Waals surface area contributed by atoms with Crippen LogP contribution in [0.25, 0.3) is 22.6 Å². The number of nitrogens with zero attached hydrogens (tertiary/aromatic N) is 6. The summed E-state index contributed by atoms with van der Waals surface area (Å²) in [6.07, 6.45) is 3.52. The molecule has 0 aliphatic heterocycles. The first-order valence-electron chi connectivity index (χ1n) is 6.85. The SMILES string of the molecule is c1ccc(-n2ccc(-c3cccc(-n4cnnn4)c3)n2)cc1. The normalized spacial score (nSPS) is 10.7. The smallest absolute Gasteiger partial charge is 0.143 e. The van der Waals surface area contributed by atoms with Crippen molar-refractivity contribution in [2.24, 2.45) is 0 Å². The molecule has 0 radical (unpaired) electrons. The van der Waals surface area contributed by atoms with Crippen LogP contribution < -0.4 is 0 Å². The molecule has 2 aromatic heterocycles. The number of tetrazole rings is 1. The first-order chi connectivity index (χ1) is 10.9. The van der Waals surface area contributed by atoms with E-state index in [0.29, 0.717) is 0 Å². The molecule has 106 valence electrons. The molecule has 6 heteroatoms. The Kier molecular flexibility index (Phi) is 2.97. The van der Waals surface area contributed by atoms with E-state index in [0.717, 1.165) is 22.6 Å².